The Morgan fingerprint density at radius 3 is 2.59 bits per heavy atom. The van der Waals surface area contributed by atoms with E-state index < -0.39 is 0 Å². The number of rotatable bonds is 4. The van der Waals surface area contributed by atoms with Crippen LogP contribution in [0.4, 0.5) is 0 Å². The lowest BCUT2D eigenvalue weighted by molar-refractivity contribution is 0.170. The van der Waals surface area contributed by atoms with Crippen LogP contribution in [-0.2, 0) is 12.0 Å². The quantitative estimate of drug-likeness (QED) is 0.734. The molecule has 1 aliphatic rings. The summed E-state index contributed by atoms with van der Waals surface area (Å²) in [5.74, 6) is 0.732. The summed E-state index contributed by atoms with van der Waals surface area (Å²) in [4.78, 5) is 18.6. The predicted octanol–water partition coefficient (Wildman–Crippen LogP) is 3.41. The van der Waals surface area contributed by atoms with Crippen LogP contribution >= 0.6 is 0 Å². The molecule has 0 radical (unpaired) electrons. The summed E-state index contributed by atoms with van der Waals surface area (Å²) in [6.07, 6.45) is 4.43. The second-order valence-corrected chi connectivity index (χ2v) is 8.95. The third-order valence-electron chi connectivity index (χ3n) is 5.77. The molecule has 4 rings (SSSR count). The fraction of sp³-hybridized carbons (Fsp3) is 0.545. The van der Waals surface area contributed by atoms with Crippen LogP contribution in [0.3, 0.4) is 0 Å². The van der Waals surface area contributed by atoms with Gasteiger partial charge < -0.3 is 4.98 Å². The maximum absolute atomic E-state index is 13.2. The number of aromatic amines is 1. The van der Waals surface area contributed by atoms with E-state index in [-0.39, 0.29) is 17.1 Å². The number of piperidine rings is 1. The van der Waals surface area contributed by atoms with E-state index in [0.29, 0.717) is 5.56 Å². The summed E-state index contributed by atoms with van der Waals surface area (Å²) in [5, 5.41) is 13.7. The number of likely N-dealkylation sites (tertiary alicyclic amines) is 1. The van der Waals surface area contributed by atoms with Crippen LogP contribution in [0.1, 0.15) is 70.0 Å². The first-order chi connectivity index (χ1) is 13.9. The number of aromatic nitrogens is 5. The van der Waals surface area contributed by atoms with Crippen molar-refractivity contribution < 1.29 is 0 Å². The molecule has 29 heavy (non-hydrogen) atoms. The molecule has 1 unspecified atom stereocenters. The molecule has 154 valence electrons. The highest BCUT2D eigenvalue weighted by atomic mass is 16.1. The lowest BCUT2D eigenvalue weighted by Gasteiger charge is -2.35. The molecule has 7 nitrogen and oxygen atoms in total. The maximum Gasteiger partial charge on any atom is 0.253 e. The minimum atomic E-state index is -0.272. The Kier molecular flexibility index (Phi) is 5.25. The minimum Gasteiger partial charge on any atom is -0.322 e. The van der Waals surface area contributed by atoms with Gasteiger partial charge in [-0.1, -0.05) is 19.4 Å². The number of benzene rings is 1. The number of nitrogens with zero attached hydrogens (tertiary/aromatic N) is 5. The van der Waals surface area contributed by atoms with Crippen LogP contribution in [0.2, 0.25) is 0 Å². The Labute approximate surface area is 171 Å². The van der Waals surface area contributed by atoms with Gasteiger partial charge in [-0.2, -0.15) is 0 Å². The molecule has 0 spiro atoms. The smallest absolute Gasteiger partial charge is 0.253 e. The normalized spacial score (nSPS) is 17.0. The number of aryl methyl sites for hydroxylation is 1. The molecule has 1 fully saturated rings. The van der Waals surface area contributed by atoms with Crippen LogP contribution < -0.4 is 5.56 Å². The van der Waals surface area contributed by atoms with Gasteiger partial charge in [0.2, 0.25) is 0 Å². The van der Waals surface area contributed by atoms with Gasteiger partial charge in [-0.3, -0.25) is 9.69 Å². The second kappa shape index (κ2) is 7.71. The van der Waals surface area contributed by atoms with E-state index in [1.54, 1.807) is 0 Å². The summed E-state index contributed by atoms with van der Waals surface area (Å²) in [7, 11) is 0. The lowest BCUT2D eigenvalue weighted by atomic mass is 9.98. The zero-order valence-corrected chi connectivity index (χ0v) is 17.8. The number of tetrazole rings is 1. The number of hydrogen-bond acceptors (Lipinski definition) is 5. The molecule has 0 bridgehead atoms. The molecule has 0 amide bonds. The third-order valence-corrected chi connectivity index (χ3v) is 5.77. The molecular weight excluding hydrogens is 364 g/mol. The Morgan fingerprint density at radius 2 is 1.90 bits per heavy atom. The second-order valence-electron chi connectivity index (χ2n) is 8.95. The van der Waals surface area contributed by atoms with Crippen molar-refractivity contribution in [3.05, 3.63) is 51.6 Å². The highest BCUT2D eigenvalue weighted by Crippen LogP contribution is 2.31. The average molecular weight is 395 g/mol. The Balaban J connectivity index is 1.91. The van der Waals surface area contributed by atoms with Gasteiger partial charge >= 0.3 is 0 Å². The molecule has 1 saturated heterocycles. The molecule has 0 aliphatic carbocycles. The number of pyridine rings is 1. The van der Waals surface area contributed by atoms with E-state index in [0.717, 1.165) is 49.1 Å². The molecule has 1 atom stereocenters. The summed E-state index contributed by atoms with van der Waals surface area (Å²) in [6.45, 7) is 10.3. The monoisotopic (exact) mass is 394 g/mol. The molecule has 1 N–H and O–H groups in total. The number of hydrogen-bond donors (Lipinski definition) is 1. The van der Waals surface area contributed by atoms with E-state index in [1.165, 1.54) is 12.0 Å². The van der Waals surface area contributed by atoms with Crippen LogP contribution in [-0.4, -0.2) is 43.2 Å². The number of fused-ring (bicyclic) bond motifs is 1. The molecule has 1 aliphatic heterocycles. The van der Waals surface area contributed by atoms with Crippen molar-refractivity contribution in [2.75, 3.05) is 13.1 Å². The summed E-state index contributed by atoms with van der Waals surface area (Å²) < 4.78 is 1.86. The van der Waals surface area contributed by atoms with Crippen molar-refractivity contribution >= 4 is 10.9 Å². The van der Waals surface area contributed by atoms with Gasteiger partial charge in [0.25, 0.3) is 5.56 Å². The van der Waals surface area contributed by atoms with Gasteiger partial charge in [0.05, 0.1) is 5.54 Å². The highest BCUT2D eigenvalue weighted by molar-refractivity contribution is 5.80. The van der Waals surface area contributed by atoms with Gasteiger partial charge in [-0.05, 0) is 92.7 Å². The third kappa shape index (κ3) is 3.83. The van der Waals surface area contributed by atoms with E-state index in [1.807, 2.05) is 16.8 Å². The van der Waals surface area contributed by atoms with Crippen molar-refractivity contribution in [3.63, 3.8) is 0 Å². The fourth-order valence-corrected chi connectivity index (χ4v) is 4.21. The van der Waals surface area contributed by atoms with E-state index in [4.69, 9.17) is 0 Å². The Bertz CT molecular complexity index is 1060. The van der Waals surface area contributed by atoms with Crippen molar-refractivity contribution in [3.8, 4) is 0 Å². The lowest BCUT2D eigenvalue weighted by Crippen LogP contribution is -2.40. The largest absolute Gasteiger partial charge is 0.322 e. The van der Waals surface area contributed by atoms with Crippen LogP contribution in [0.15, 0.2) is 29.1 Å². The first kappa shape index (κ1) is 19.8. The van der Waals surface area contributed by atoms with Crippen LogP contribution in [0.25, 0.3) is 10.9 Å². The molecule has 3 heterocycles. The summed E-state index contributed by atoms with van der Waals surface area (Å²) in [5.41, 5.74) is 2.49. The topological polar surface area (TPSA) is 79.7 Å². The Morgan fingerprint density at radius 1 is 1.14 bits per heavy atom. The van der Waals surface area contributed by atoms with Gasteiger partial charge in [0, 0.05) is 11.1 Å². The molecule has 2 aromatic heterocycles. The SMILES string of the molecule is CCc1ccc2[nH]c(=O)c(C(c3nnnn3C(C)(C)C)N3CCCCC3)cc2c1. The van der Waals surface area contributed by atoms with Crippen molar-refractivity contribution in [1.82, 2.24) is 30.1 Å². The van der Waals surface area contributed by atoms with Crippen molar-refractivity contribution in [2.24, 2.45) is 0 Å². The van der Waals surface area contributed by atoms with E-state index >= 15 is 0 Å². The highest BCUT2D eigenvalue weighted by Gasteiger charge is 2.33. The molecule has 1 aromatic carbocycles. The van der Waals surface area contributed by atoms with E-state index in [2.05, 4.69) is 65.2 Å². The molecule has 7 heteroatoms. The first-order valence-electron chi connectivity index (χ1n) is 10.6. The average Bonchev–Trinajstić information content (AvgIpc) is 3.19. The Hall–Kier alpha value is -2.54. The predicted molar refractivity (Wildman–Crippen MR) is 114 cm³/mol. The van der Waals surface area contributed by atoms with Crippen LogP contribution in [0, 0.1) is 0 Å². The number of H-pyrrole nitrogens is 1. The van der Waals surface area contributed by atoms with Gasteiger partial charge in [-0.15, -0.1) is 5.10 Å². The summed E-state index contributed by atoms with van der Waals surface area (Å²) in [6, 6.07) is 8.00. The minimum absolute atomic E-state index is 0.0687. The van der Waals surface area contributed by atoms with Crippen molar-refractivity contribution in [2.45, 2.75) is 65.0 Å². The zero-order chi connectivity index (χ0) is 20.6. The maximum atomic E-state index is 13.2. The van der Waals surface area contributed by atoms with Crippen LogP contribution in [0.5, 0.6) is 0 Å². The molecule has 0 saturated carbocycles. The zero-order valence-electron chi connectivity index (χ0n) is 17.8. The van der Waals surface area contributed by atoms with Crippen molar-refractivity contribution in [1.29, 1.82) is 0 Å². The van der Waals surface area contributed by atoms with E-state index in [9.17, 15) is 4.79 Å². The van der Waals surface area contributed by atoms with Gasteiger partial charge in [0.15, 0.2) is 5.82 Å². The molecule has 3 aromatic rings. The standard InChI is InChI=1S/C22H30N6O/c1-5-15-9-10-18-16(13-15)14-17(21(29)23-18)19(27-11-7-6-8-12-27)20-24-25-26-28(20)22(2,3)4/h9-10,13-14,19H,5-8,11-12H2,1-4H3,(H,23,29). The van der Waals surface area contributed by atoms with Gasteiger partial charge in [-0.25, -0.2) is 4.68 Å². The fourth-order valence-electron chi connectivity index (χ4n) is 4.21. The number of nitrogens with one attached hydrogen (secondary N) is 1. The van der Waals surface area contributed by atoms with Gasteiger partial charge in [0.1, 0.15) is 6.04 Å². The molecular formula is C22H30N6O. The summed E-state index contributed by atoms with van der Waals surface area (Å²) >= 11 is 0. The first-order valence-corrected chi connectivity index (χ1v) is 10.6.